The van der Waals surface area contributed by atoms with E-state index in [1.54, 1.807) is 0 Å². The summed E-state index contributed by atoms with van der Waals surface area (Å²) in [5.74, 6) is -1.62. The number of carbonyl (C=O) groups excluding carboxylic acids is 2. The number of benzene rings is 1. The first kappa shape index (κ1) is 14.4. The standard InChI is InChI=1S/C12H13ClFNO3/c1-7(12(17)18-2)15-11(16)6-8-9(13)4-3-5-10(8)14/h3-5,7H,6H2,1-2H3,(H,15,16)/t7-/m0/s1. The van der Waals surface area contributed by atoms with Gasteiger partial charge < -0.3 is 10.1 Å². The Morgan fingerprint density at radius 2 is 2.17 bits per heavy atom. The largest absolute Gasteiger partial charge is 0.467 e. The highest BCUT2D eigenvalue weighted by Gasteiger charge is 2.18. The van der Waals surface area contributed by atoms with Crippen LogP contribution >= 0.6 is 11.6 Å². The number of nitrogens with one attached hydrogen (secondary N) is 1. The molecule has 0 aliphatic carbocycles. The van der Waals surface area contributed by atoms with Gasteiger partial charge in [-0.25, -0.2) is 9.18 Å². The van der Waals surface area contributed by atoms with E-state index in [0.717, 1.165) is 0 Å². The van der Waals surface area contributed by atoms with E-state index in [1.165, 1.54) is 32.2 Å². The maximum Gasteiger partial charge on any atom is 0.328 e. The average molecular weight is 274 g/mol. The molecule has 4 nitrogen and oxygen atoms in total. The minimum Gasteiger partial charge on any atom is -0.467 e. The van der Waals surface area contributed by atoms with Gasteiger partial charge in [0, 0.05) is 10.6 Å². The molecule has 0 spiro atoms. The fourth-order valence-electron chi connectivity index (χ4n) is 1.39. The summed E-state index contributed by atoms with van der Waals surface area (Å²) in [7, 11) is 1.22. The summed E-state index contributed by atoms with van der Waals surface area (Å²) in [5, 5.41) is 2.57. The van der Waals surface area contributed by atoms with Crippen LogP contribution in [0, 0.1) is 5.82 Å². The van der Waals surface area contributed by atoms with Gasteiger partial charge in [0.05, 0.1) is 13.5 Å². The van der Waals surface area contributed by atoms with Crippen molar-refractivity contribution in [2.24, 2.45) is 0 Å². The number of methoxy groups -OCH3 is 1. The predicted octanol–water partition coefficient (Wildman–Crippen LogP) is 1.70. The van der Waals surface area contributed by atoms with Crippen molar-refractivity contribution in [2.45, 2.75) is 19.4 Å². The fourth-order valence-corrected chi connectivity index (χ4v) is 1.62. The average Bonchev–Trinajstić information content (AvgIpc) is 2.32. The van der Waals surface area contributed by atoms with Crippen LogP contribution < -0.4 is 5.32 Å². The molecule has 18 heavy (non-hydrogen) atoms. The Morgan fingerprint density at radius 1 is 1.50 bits per heavy atom. The number of esters is 1. The third kappa shape index (κ3) is 3.70. The number of hydrogen-bond donors (Lipinski definition) is 1. The lowest BCUT2D eigenvalue weighted by Gasteiger charge is -2.12. The van der Waals surface area contributed by atoms with Crippen LogP contribution in [-0.2, 0) is 20.7 Å². The number of hydrogen-bond acceptors (Lipinski definition) is 3. The Balaban J connectivity index is 2.68. The van der Waals surface area contributed by atoms with Crippen LogP contribution in [0.2, 0.25) is 5.02 Å². The zero-order valence-corrected chi connectivity index (χ0v) is 10.8. The number of rotatable bonds is 4. The quantitative estimate of drug-likeness (QED) is 0.850. The van der Waals surface area contributed by atoms with E-state index in [-0.39, 0.29) is 17.0 Å². The van der Waals surface area contributed by atoms with Gasteiger partial charge in [0.15, 0.2) is 0 Å². The summed E-state index contributed by atoms with van der Waals surface area (Å²) < 4.78 is 17.9. The Labute approximate surface area is 109 Å². The summed E-state index contributed by atoms with van der Waals surface area (Å²) in [6, 6.07) is 3.39. The lowest BCUT2D eigenvalue weighted by atomic mass is 10.1. The van der Waals surface area contributed by atoms with Crippen LogP contribution in [0.15, 0.2) is 18.2 Å². The fraction of sp³-hybridized carbons (Fsp3) is 0.333. The molecule has 0 aliphatic rings. The van der Waals surface area contributed by atoms with E-state index in [9.17, 15) is 14.0 Å². The van der Waals surface area contributed by atoms with E-state index in [4.69, 9.17) is 11.6 Å². The zero-order valence-electron chi connectivity index (χ0n) is 10.00. The Bertz CT molecular complexity index is 444. The van der Waals surface area contributed by atoms with Crippen LogP contribution in [0.1, 0.15) is 12.5 Å². The highest BCUT2D eigenvalue weighted by atomic mass is 35.5. The second-order valence-electron chi connectivity index (χ2n) is 3.69. The smallest absolute Gasteiger partial charge is 0.328 e. The molecule has 1 aromatic carbocycles. The molecule has 1 N–H and O–H groups in total. The van der Waals surface area contributed by atoms with Gasteiger partial charge in [0.25, 0.3) is 0 Å². The van der Waals surface area contributed by atoms with Gasteiger partial charge in [0.2, 0.25) is 5.91 Å². The molecule has 6 heteroatoms. The van der Waals surface area contributed by atoms with Crippen molar-refractivity contribution in [2.75, 3.05) is 7.11 Å². The molecule has 0 heterocycles. The first-order chi connectivity index (χ1) is 8.45. The monoisotopic (exact) mass is 273 g/mol. The van der Waals surface area contributed by atoms with Crippen LogP contribution in [0.3, 0.4) is 0 Å². The van der Waals surface area contributed by atoms with E-state index in [0.29, 0.717) is 0 Å². The summed E-state index contributed by atoms with van der Waals surface area (Å²) >= 11 is 5.79. The van der Waals surface area contributed by atoms with Crippen molar-refractivity contribution in [3.05, 3.63) is 34.6 Å². The van der Waals surface area contributed by atoms with Crippen LogP contribution in [0.25, 0.3) is 0 Å². The lowest BCUT2D eigenvalue weighted by Crippen LogP contribution is -2.40. The molecule has 0 unspecified atom stereocenters. The molecule has 1 amide bonds. The second kappa shape index (κ2) is 6.35. The summed E-state index contributed by atoms with van der Waals surface area (Å²) in [5.41, 5.74) is 0.105. The highest BCUT2D eigenvalue weighted by molar-refractivity contribution is 6.31. The summed E-state index contributed by atoms with van der Waals surface area (Å²) in [6.45, 7) is 1.48. The molecule has 0 aromatic heterocycles. The molecule has 0 radical (unpaired) electrons. The zero-order chi connectivity index (χ0) is 13.7. The van der Waals surface area contributed by atoms with Gasteiger partial charge >= 0.3 is 5.97 Å². The lowest BCUT2D eigenvalue weighted by molar-refractivity contribution is -0.144. The molecule has 98 valence electrons. The predicted molar refractivity (Wildman–Crippen MR) is 64.7 cm³/mol. The van der Waals surface area contributed by atoms with Gasteiger partial charge in [0.1, 0.15) is 11.9 Å². The third-order valence-corrected chi connectivity index (χ3v) is 2.69. The molecule has 0 fully saturated rings. The van der Waals surface area contributed by atoms with Gasteiger partial charge in [-0.3, -0.25) is 4.79 Å². The molecule has 0 saturated carbocycles. The molecular weight excluding hydrogens is 261 g/mol. The Morgan fingerprint density at radius 3 is 2.72 bits per heavy atom. The number of ether oxygens (including phenoxy) is 1. The van der Waals surface area contributed by atoms with Crippen LogP contribution in [-0.4, -0.2) is 25.0 Å². The second-order valence-corrected chi connectivity index (χ2v) is 4.10. The molecule has 1 atom stereocenters. The molecule has 1 aromatic rings. The minimum atomic E-state index is -0.784. The Hall–Kier alpha value is -1.62. The van der Waals surface area contributed by atoms with Gasteiger partial charge in [-0.05, 0) is 19.1 Å². The van der Waals surface area contributed by atoms with E-state index in [1.807, 2.05) is 0 Å². The Kier molecular flexibility index (Phi) is 5.09. The van der Waals surface area contributed by atoms with Crippen molar-refractivity contribution >= 4 is 23.5 Å². The van der Waals surface area contributed by atoms with Crippen molar-refractivity contribution in [1.82, 2.24) is 5.32 Å². The highest BCUT2D eigenvalue weighted by Crippen LogP contribution is 2.19. The first-order valence-electron chi connectivity index (χ1n) is 5.25. The summed E-state index contributed by atoms with van der Waals surface area (Å²) in [4.78, 5) is 22.7. The van der Waals surface area contributed by atoms with Crippen molar-refractivity contribution < 1.29 is 18.7 Å². The molecule has 0 bridgehead atoms. The number of carbonyl (C=O) groups is 2. The molecule has 0 aliphatic heterocycles. The molecule has 1 rings (SSSR count). The number of halogens is 2. The first-order valence-corrected chi connectivity index (χ1v) is 5.63. The van der Waals surface area contributed by atoms with Crippen molar-refractivity contribution in [3.63, 3.8) is 0 Å². The minimum absolute atomic E-state index is 0.105. The topological polar surface area (TPSA) is 55.4 Å². The maximum absolute atomic E-state index is 13.4. The molecule has 0 saturated heterocycles. The molecular formula is C12H13ClFNO3. The van der Waals surface area contributed by atoms with Gasteiger partial charge in [-0.15, -0.1) is 0 Å². The van der Waals surface area contributed by atoms with E-state index in [2.05, 4.69) is 10.1 Å². The van der Waals surface area contributed by atoms with E-state index < -0.39 is 23.7 Å². The van der Waals surface area contributed by atoms with Gasteiger partial charge in [-0.2, -0.15) is 0 Å². The van der Waals surface area contributed by atoms with E-state index >= 15 is 0 Å². The van der Waals surface area contributed by atoms with Crippen molar-refractivity contribution in [1.29, 1.82) is 0 Å². The maximum atomic E-state index is 13.4. The number of amides is 1. The van der Waals surface area contributed by atoms with Gasteiger partial charge in [-0.1, -0.05) is 17.7 Å². The van der Waals surface area contributed by atoms with Crippen LogP contribution in [0.5, 0.6) is 0 Å². The third-order valence-electron chi connectivity index (χ3n) is 2.33. The normalized spacial score (nSPS) is 11.8. The van der Waals surface area contributed by atoms with Crippen LogP contribution in [0.4, 0.5) is 4.39 Å². The summed E-state index contributed by atoms with van der Waals surface area (Å²) in [6.07, 6.45) is -0.229. The SMILES string of the molecule is COC(=O)[C@H](C)NC(=O)Cc1c(F)cccc1Cl. The van der Waals surface area contributed by atoms with Crippen molar-refractivity contribution in [3.8, 4) is 0 Å².